The zero-order valence-corrected chi connectivity index (χ0v) is 9.61. The minimum Gasteiger partial charge on any atom is -0.484 e. The Morgan fingerprint density at radius 2 is 2.31 bits per heavy atom. The molecule has 5 heteroatoms. The first-order valence-corrected chi connectivity index (χ1v) is 5.18. The van der Waals surface area contributed by atoms with Gasteiger partial charge in [0.05, 0.1) is 5.02 Å². The maximum atomic E-state index is 5.98. The number of benzene rings is 1. The van der Waals surface area contributed by atoms with E-state index in [0.29, 0.717) is 23.1 Å². The van der Waals surface area contributed by atoms with Gasteiger partial charge in [0.25, 0.3) is 0 Å². The molecule has 0 aliphatic heterocycles. The number of hydrogen-bond acceptors (Lipinski definition) is 3. The summed E-state index contributed by atoms with van der Waals surface area (Å²) in [4.78, 5) is 4.15. The molecule has 0 amide bonds. The molecule has 0 aliphatic carbocycles. The normalized spacial score (nSPS) is 10.4. The van der Waals surface area contributed by atoms with Crippen LogP contribution in [0.3, 0.4) is 0 Å². The fraction of sp³-hybridized carbons (Fsp3) is 0.182. The van der Waals surface area contributed by atoms with E-state index in [4.69, 9.17) is 22.1 Å². The zero-order valence-electron chi connectivity index (χ0n) is 8.85. The highest BCUT2D eigenvalue weighted by Gasteiger charge is 2.04. The van der Waals surface area contributed by atoms with Crippen molar-refractivity contribution in [1.29, 1.82) is 0 Å². The molecule has 2 aromatic rings. The van der Waals surface area contributed by atoms with Crippen LogP contribution in [-0.2, 0) is 13.7 Å². The number of nitrogens with zero attached hydrogens (tertiary/aromatic N) is 2. The molecule has 0 aliphatic rings. The number of nitrogen functional groups attached to an aromatic ring is 1. The van der Waals surface area contributed by atoms with E-state index in [1.807, 2.05) is 17.8 Å². The van der Waals surface area contributed by atoms with Crippen LogP contribution < -0.4 is 10.5 Å². The monoisotopic (exact) mass is 237 g/mol. The van der Waals surface area contributed by atoms with E-state index in [1.165, 1.54) is 0 Å². The molecule has 1 aromatic heterocycles. The van der Waals surface area contributed by atoms with Crippen LogP contribution in [0.25, 0.3) is 0 Å². The van der Waals surface area contributed by atoms with Gasteiger partial charge in [-0.2, -0.15) is 0 Å². The van der Waals surface area contributed by atoms with Crippen molar-refractivity contribution >= 4 is 17.3 Å². The Morgan fingerprint density at radius 1 is 1.50 bits per heavy atom. The number of aromatic nitrogens is 2. The Bertz CT molecular complexity index is 496. The fourth-order valence-electron chi connectivity index (χ4n) is 1.31. The predicted octanol–water partition coefficient (Wildman–Crippen LogP) is 2.23. The highest BCUT2D eigenvalue weighted by atomic mass is 35.5. The second kappa shape index (κ2) is 4.45. The summed E-state index contributed by atoms with van der Waals surface area (Å²) < 4.78 is 7.44. The summed E-state index contributed by atoms with van der Waals surface area (Å²) >= 11 is 5.98. The molecule has 0 unspecified atom stereocenters. The Morgan fingerprint density at radius 3 is 2.94 bits per heavy atom. The van der Waals surface area contributed by atoms with Crippen molar-refractivity contribution in [2.24, 2.45) is 7.05 Å². The molecule has 0 atom stereocenters. The third kappa shape index (κ3) is 2.28. The minimum atomic E-state index is 0.382. The van der Waals surface area contributed by atoms with E-state index in [0.717, 1.165) is 5.82 Å². The Kier molecular flexibility index (Phi) is 3.01. The molecule has 0 radical (unpaired) electrons. The Hall–Kier alpha value is -1.68. The Labute approximate surface area is 98.6 Å². The van der Waals surface area contributed by atoms with Crippen molar-refractivity contribution in [2.75, 3.05) is 5.73 Å². The molecule has 0 spiro atoms. The van der Waals surface area contributed by atoms with Crippen LogP contribution >= 0.6 is 11.6 Å². The van der Waals surface area contributed by atoms with Crippen LogP contribution in [0.1, 0.15) is 5.82 Å². The smallest absolute Gasteiger partial charge is 0.146 e. The average molecular weight is 238 g/mol. The van der Waals surface area contributed by atoms with Gasteiger partial charge in [0, 0.05) is 25.1 Å². The van der Waals surface area contributed by atoms with Crippen molar-refractivity contribution in [2.45, 2.75) is 6.61 Å². The van der Waals surface area contributed by atoms with Gasteiger partial charge in [-0.3, -0.25) is 0 Å². The van der Waals surface area contributed by atoms with E-state index >= 15 is 0 Å². The number of imidazole rings is 1. The lowest BCUT2D eigenvalue weighted by Gasteiger charge is -2.08. The molecule has 2 rings (SSSR count). The topological polar surface area (TPSA) is 53.1 Å². The summed E-state index contributed by atoms with van der Waals surface area (Å²) in [5, 5.41) is 0.509. The van der Waals surface area contributed by atoms with Crippen molar-refractivity contribution in [1.82, 2.24) is 9.55 Å². The molecule has 4 nitrogen and oxygen atoms in total. The summed E-state index contributed by atoms with van der Waals surface area (Å²) in [6.45, 7) is 0.382. The van der Waals surface area contributed by atoms with E-state index in [-0.39, 0.29) is 0 Å². The van der Waals surface area contributed by atoms with Crippen LogP contribution in [0.15, 0.2) is 30.6 Å². The summed E-state index contributed by atoms with van der Waals surface area (Å²) in [6.07, 6.45) is 3.59. The van der Waals surface area contributed by atoms with Crippen molar-refractivity contribution in [3.05, 3.63) is 41.4 Å². The first-order valence-electron chi connectivity index (χ1n) is 4.81. The first-order chi connectivity index (χ1) is 7.66. The lowest BCUT2D eigenvalue weighted by Crippen LogP contribution is -2.03. The molecule has 84 valence electrons. The zero-order chi connectivity index (χ0) is 11.5. The second-order valence-electron chi connectivity index (χ2n) is 3.43. The van der Waals surface area contributed by atoms with E-state index in [9.17, 15) is 0 Å². The van der Waals surface area contributed by atoms with Crippen molar-refractivity contribution in [3.63, 3.8) is 0 Å². The average Bonchev–Trinajstić information content (AvgIpc) is 2.63. The molecule has 0 fully saturated rings. The third-order valence-corrected chi connectivity index (χ3v) is 2.53. The number of halogens is 1. The highest BCUT2D eigenvalue weighted by Crippen LogP contribution is 2.26. The van der Waals surface area contributed by atoms with Crippen LogP contribution in [0.2, 0.25) is 5.02 Å². The molecule has 1 aromatic carbocycles. The Balaban J connectivity index is 2.08. The lowest BCUT2D eigenvalue weighted by atomic mass is 10.3. The quantitative estimate of drug-likeness (QED) is 0.833. The molecular formula is C11H12ClN3O. The molecular weight excluding hydrogens is 226 g/mol. The number of nitrogens with two attached hydrogens (primary N) is 1. The molecule has 16 heavy (non-hydrogen) atoms. The number of aryl methyl sites for hydroxylation is 1. The minimum absolute atomic E-state index is 0.382. The maximum absolute atomic E-state index is 5.98. The molecule has 1 heterocycles. The number of rotatable bonds is 3. The number of ether oxygens (including phenoxy) is 1. The number of hydrogen-bond donors (Lipinski definition) is 1. The van der Waals surface area contributed by atoms with Gasteiger partial charge in [-0.15, -0.1) is 0 Å². The van der Waals surface area contributed by atoms with E-state index in [1.54, 1.807) is 24.4 Å². The summed E-state index contributed by atoms with van der Waals surface area (Å²) in [6, 6.07) is 5.16. The van der Waals surface area contributed by atoms with Crippen LogP contribution in [0, 0.1) is 0 Å². The van der Waals surface area contributed by atoms with Gasteiger partial charge in [0.2, 0.25) is 0 Å². The van der Waals surface area contributed by atoms with Crippen molar-refractivity contribution < 1.29 is 4.74 Å². The fourth-order valence-corrected chi connectivity index (χ4v) is 1.56. The molecule has 0 saturated heterocycles. The molecule has 0 saturated carbocycles. The number of anilines is 1. The van der Waals surface area contributed by atoms with E-state index < -0.39 is 0 Å². The molecule has 0 bridgehead atoms. The molecule has 2 N–H and O–H groups in total. The summed E-state index contributed by atoms with van der Waals surface area (Å²) in [5.41, 5.74) is 6.21. The van der Waals surface area contributed by atoms with Crippen molar-refractivity contribution in [3.8, 4) is 5.75 Å². The largest absolute Gasteiger partial charge is 0.484 e. The van der Waals surface area contributed by atoms with Gasteiger partial charge in [-0.05, 0) is 18.2 Å². The van der Waals surface area contributed by atoms with Gasteiger partial charge in [0.15, 0.2) is 0 Å². The van der Waals surface area contributed by atoms with Gasteiger partial charge >= 0.3 is 0 Å². The van der Waals surface area contributed by atoms with Gasteiger partial charge in [0.1, 0.15) is 18.2 Å². The van der Waals surface area contributed by atoms with E-state index in [2.05, 4.69) is 4.98 Å². The predicted molar refractivity (Wildman–Crippen MR) is 63.4 cm³/mol. The van der Waals surface area contributed by atoms with Crippen LogP contribution in [0.5, 0.6) is 5.75 Å². The maximum Gasteiger partial charge on any atom is 0.146 e. The van der Waals surface area contributed by atoms with Gasteiger partial charge < -0.3 is 15.0 Å². The highest BCUT2D eigenvalue weighted by molar-refractivity contribution is 6.32. The first kappa shape index (κ1) is 10.8. The summed E-state index contributed by atoms with van der Waals surface area (Å²) in [7, 11) is 1.91. The standard InChI is InChI=1S/C11H12ClN3O/c1-15-5-4-14-11(15)7-16-10-3-2-8(13)6-9(10)12/h2-6H,7,13H2,1H3. The second-order valence-corrected chi connectivity index (χ2v) is 3.84. The van der Waals surface area contributed by atoms with Crippen LogP contribution in [0.4, 0.5) is 5.69 Å². The van der Waals surface area contributed by atoms with Crippen LogP contribution in [-0.4, -0.2) is 9.55 Å². The third-order valence-electron chi connectivity index (χ3n) is 2.23. The summed E-state index contributed by atoms with van der Waals surface area (Å²) in [5.74, 6) is 1.45. The van der Waals surface area contributed by atoms with Gasteiger partial charge in [-0.25, -0.2) is 4.98 Å². The van der Waals surface area contributed by atoms with Gasteiger partial charge in [-0.1, -0.05) is 11.6 Å². The lowest BCUT2D eigenvalue weighted by molar-refractivity contribution is 0.292. The SMILES string of the molecule is Cn1ccnc1COc1ccc(N)cc1Cl.